The van der Waals surface area contributed by atoms with E-state index in [1.807, 2.05) is 6.07 Å². The van der Waals surface area contributed by atoms with E-state index in [2.05, 4.69) is 4.74 Å². The maximum atomic E-state index is 14.0. The normalized spacial score (nSPS) is 28.3. The molecule has 0 spiro atoms. The Kier molecular flexibility index (Phi) is 5.19. The number of aliphatic hydroxyl groups is 1. The van der Waals surface area contributed by atoms with Crippen molar-refractivity contribution in [1.82, 2.24) is 0 Å². The van der Waals surface area contributed by atoms with E-state index < -0.39 is 41.0 Å². The Labute approximate surface area is 170 Å². The lowest BCUT2D eigenvalue weighted by molar-refractivity contribution is -0.378. The SMILES string of the molecule is COC(=O)[C@H]1[C@H](c2cccc(C#N)c2)C2=C(CC(C)(C)CC2=O)O[C@]1(O)C(F)(F)F. The number of carbonyl (C=O) groups is 2. The fourth-order valence-electron chi connectivity index (χ4n) is 4.18. The highest BCUT2D eigenvalue weighted by Gasteiger charge is 2.70. The third-order valence-corrected chi connectivity index (χ3v) is 5.46. The number of Topliss-reactive ketones (excluding diaryl/α,β-unsaturated/α-hetero) is 1. The number of carbonyl (C=O) groups excluding carboxylic acids is 2. The smallest absolute Gasteiger partial charge is 0.456 e. The number of esters is 1. The Hall–Kier alpha value is -2.86. The number of rotatable bonds is 2. The van der Waals surface area contributed by atoms with Crippen molar-refractivity contribution in [1.29, 1.82) is 5.26 Å². The molecule has 0 radical (unpaired) electrons. The summed E-state index contributed by atoms with van der Waals surface area (Å²) in [6, 6.07) is 7.44. The molecular weight excluding hydrogens is 403 g/mol. The minimum absolute atomic E-state index is 0.0297. The van der Waals surface area contributed by atoms with Gasteiger partial charge in [0.15, 0.2) is 5.78 Å². The molecule has 9 heteroatoms. The van der Waals surface area contributed by atoms with Crippen LogP contribution in [0.15, 0.2) is 35.6 Å². The van der Waals surface area contributed by atoms with Gasteiger partial charge >= 0.3 is 17.9 Å². The number of ketones is 1. The first kappa shape index (κ1) is 21.8. The minimum Gasteiger partial charge on any atom is -0.469 e. The van der Waals surface area contributed by atoms with Gasteiger partial charge in [0, 0.05) is 24.3 Å². The van der Waals surface area contributed by atoms with Crippen LogP contribution in [0.1, 0.15) is 43.7 Å². The molecule has 30 heavy (non-hydrogen) atoms. The monoisotopic (exact) mass is 423 g/mol. The van der Waals surface area contributed by atoms with Crippen LogP contribution in [0.5, 0.6) is 0 Å². The van der Waals surface area contributed by atoms with Gasteiger partial charge in [-0.2, -0.15) is 18.4 Å². The summed E-state index contributed by atoms with van der Waals surface area (Å²) in [7, 11) is 0.886. The van der Waals surface area contributed by atoms with Crippen LogP contribution in [0.25, 0.3) is 0 Å². The molecule has 1 heterocycles. The molecule has 0 unspecified atom stereocenters. The van der Waals surface area contributed by atoms with Gasteiger partial charge in [0.25, 0.3) is 0 Å². The van der Waals surface area contributed by atoms with E-state index >= 15 is 0 Å². The lowest BCUT2D eigenvalue weighted by atomic mass is 9.66. The van der Waals surface area contributed by atoms with Gasteiger partial charge in [-0.15, -0.1) is 0 Å². The molecule has 0 amide bonds. The largest absolute Gasteiger partial charge is 0.469 e. The zero-order chi connectivity index (χ0) is 22.5. The number of halogens is 3. The summed E-state index contributed by atoms with van der Waals surface area (Å²) in [5, 5.41) is 19.9. The van der Waals surface area contributed by atoms with Crippen LogP contribution >= 0.6 is 0 Å². The maximum Gasteiger partial charge on any atom is 0.456 e. The van der Waals surface area contributed by atoms with Gasteiger partial charge in [-0.05, 0) is 23.1 Å². The van der Waals surface area contributed by atoms with E-state index in [-0.39, 0.29) is 35.3 Å². The summed E-state index contributed by atoms with van der Waals surface area (Å²) in [6.07, 6.45) is -5.36. The number of methoxy groups -OCH3 is 1. The zero-order valence-corrected chi connectivity index (χ0v) is 16.5. The van der Waals surface area contributed by atoms with Crippen molar-refractivity contribution in [3.63, 3.8) is 0 Å². The molecule has 2 aliphatic rings. The predicted molar refractivity (Wildman–Crippen MR) is 96.5 cm³/mol. The number of ether oxygens (including phenoxy) is 2. The van der Waals surface area contributed by atoms with Crippen molar-refractivity contribution in [2.75, 3.05) is 7.11 Å². The van der Waals surface area contributed by atoms with E-state index in [0.717, 1.165) is 7.11 Å². The van der Waals surface area contributed by atoms with Gasteiger partial charge in [-0.25, -0.2) is 0 Å². The van der Waals surface area contributed by atoms with E-state index in [1.165, 1.54) is 24.3 Å². The first-order valence-corrected chi connectivity index (χ1v) is 9.17. The lowest BCUT2D eigenvalue weighted by Crippen LogP contribution is -2.61. The first-order valence-electron chi connectivity index (χ1n) is 9.17. The van der Waals surface area contributed by atoms with Crippen LogP contribution in [0.4, 0.5) is 13.2 Å². The van der Waals surface area contributed by atoms with Crippen molar-refractivity contribution >= 4 is 11.8 Å². The third-order valence-electron chi connectivity index (χ3n) is 5.46. The summed E-state index contributed by atoms with van der Waals surface area (Å²) in [5.74, 6) is -9.85. The Morgan fingerprint density at radius 3 is 2.57 bits per heavy atom. The summed E-state index contributed by atoms with van der Waals surface area (Å²) in [5.41, 5.74) is -0.562. The Balaban J connectivity index is 2.34. The number of alkyl halides is 3. The lowest BCUT2D eigenvalue weighted by Gasteiger charge is -2.47. The second-order valence-electron chi connectivity index (χ2n) is 8.29. The molecule has 0 aromatic heterocycles. The third kappa shape index (κ3) is 3.45. The number of nitrogens with zero attached hydrogens (tertiary/aromatic N) is 1. The molecule has 3 rings (SSSR count). The average Bonchev–Trinajstić information content (AvgIpc) is 2.64. The highest BCUT2D eigenvalue weighted by Crippen LogP contribution is 2.56. The van der Waals surface area contributed by atoms with Crippen LogP contribution in [-0.4, -0.2) is 35.9 Å². The summed E-state index contributed by atoms with van der Waals surface area (Å²) < 4.78 is 51.6. The molecule has 0 fully saturated rings. The van der Waals surface area contributed by atoms with Gasteiger partial charge < -0.3 is 14.6 Å². The molecule has 6 nitrogen and oxygen atoms in total. The van der Waals surface area contributed by atoms with Crippen LogP contribution in [0.3, 0.4) is 0 Å². The number of allylic oxidation sites excluding steroid dienone is 2. The Bertz CT molecular complexity index is 976. The van der Waals surface area contributed by atoms with Crippen molar-refractivity contribution in [2.45, 2.75) is 44.6 Å². The number of benzene rings is 1. The molecule has 1 aromatic carbocycles. The van der Waals surface area contributed by atoms with Gasteiger partial charge in [0.05, 0.1) is 18.7 Å². The quantitative estimate of drug-likeness (QED) is 0.733. The fourth-order valence-corrected chi connectivity index (χ4v) is 4.18. The van der Waals surface area contributed by atoms with Crippen LogP contribution in [0, 0.1) is 22.7 Å². The standard InChI is InChI=1S/C21H20F3NO5/c1-19(2)8-13(26)16-14(9-19)30-20(28,21(22,23)24)17(18(27)29-3)15(16)12-6-4-5-11(7-12)10-25/h4-7,15,17,28H,8-9H2,1-3H3/t15-,17-,20+/m1/s1. The molecule has 1 aliphatic carbocycles. The zero-order valence-electron chi connectivity index (χ0n) is 16.5. The second-order valence-corrected chi connectivity index (χ2v) is 8.29. The van der Waals surface area contributed by atoms with Gasteiger partial charge in [-0.3, -0.25) is 9.59 Å². The molecular formula is C21H20F3NO5. The maximum absolute atomic E-state index is 14.0. The van der Waals surface area contributed by atoms with Crippen molar-refractivity contribution in [2.24, 2.45) is 11.3 Å². The van der Waals surface area contributed by atoms with Crippen LogP contribution in [-0.2, 0) is 19.1 Å². The van der Waals surface area contributed by atoms with E-state index in [0.29, 0.717) is 0 Å². The van der Waals surface area contributed by atoms with Gasteiger partial charge in [-0.1, -0.05) is 26.0 Å². The molecule has 0 bridgehead atoms. The summed E-state index contributed by atoms with van der Waals surface area (Å²) >= 11 is 0. The Morgan fingerprint density at radius 1 is 1.33 bits per heavy atom. The fraction of sp³-hybridized carbons (Fsp3) is 0.476. The van der Waals surface area contributed by atoms with Crippen molar-refractivity contribution in [3.8, 4) is 6.07 Å². The highest BCUT2D eigenvalue weighted by molar-refractivity contribution is 6.00. The Morgan fingerprint density at radius 2 is 2.00 bits per heavy atom. The molecule has 0 saturated heterocycles. The molecule has 0 saturated carbocycles. The van der Waals surface area contributed by atoms with Crippen molar-refractivity contribution < 1.29 is 37.3 Å². The molecule has 160 valence electrons. The average molecular weight is 423 g/mol. The molecule has 1 N–H and O–H groups in total. The van der Waals surface area contributed by atoms with Crippen molar-refractivity contribution in [3.05, 3.63) is 46.7 Å². The van der Waals surface area contributed by atoms with Crippen LogP contribution < -0.4 is 0 Å². The van der Waals surface area contributed by atoms with Crippen LogP contribution in [0.2, 0.25) is 0 Å². The van der Waals surface area contributed by atoms with E-state index in [4.69, 9.17) is 4.74 Å². The number of hydrogen-bond donors (Lipinski definition) is 1. The molecule has 3 atom stereocenters. The van der Waals surface area contributed by atoms with E-state index in [1.54, 1.807) is 13.8 Å². The second kappa shape index (κ2) is 7.13. The van der Waals surface area contributed by atoms with E-state index in [9.17, 15) is 33.1 Å². The first-order chi connectivity index (χ1) is 13.8. The van der Waals surface area contributed by atoms with Gasteiger partial charge in [0.2, 0.25) is 0 Å². The number of hydrogen-bond acceptors (Lipinski definition) is 6. The minimum atomic E-state index is -5.36. The number of nitriles is 1. The highest BCUT2D eigenvalue weighted by atomic mass is 19.4. The van der Waals surface area contributed by atoms with Gasteiger partial charge in [0.1, 0.15) is 11.7 Å². The summed E-state index contributed by atoms with van der Waals surface area (Å²) in [6.45, 7) is 3.39. The molecule has 1 aromatic rings. The summed E-state index contributed by atoms with van der Waals surface area (Å²) in [4.78, 5) is 25.5. The molecule has 1 aliphatic heterocycles. The predicted octanol–water partition coefficient (Wildman–Crippen LogP) is 3.36. The topological polar surface area (TPSA) is 96.6 Å².